The van der Waals surface area contributed by atoms with Crippen LogP contribution in [0.1, 0.15) is 56.9 Å². The van der Waals surface area contributed by atoms with Crippen LogP contribution in [0.3, 0.4) is 0 Å². The third kappa shape index (κ3) is 4.45. The van der Waals surface area contributed by atoms with Crippen LogP contribution in [-0.2, 0) is 16.0 Å². The van der Waals surface area contributed by atoms with Crippen molar-refractivity contribution in [2.45, 2.75) is 63.8 Å². The summed E-state index contributed by atoms with van der Waals surface area (Å²) in [5, 5.41) is 0. The molecule has 0 N–H and O–H groups in total. The fourth-order valence-corrected chi connectivity index (χ4v) is 4.63. The van der Waals surface area contributed by atoms with Crippen molar-refractivity contribution in [2.75, 3.05) is 20.8 Å². The van der Waals surface area contributed by atoms with Gasteiger partial charge in [0.25, 0.3) is 0 Å². The van der Waals surface area contributed by atoms with E-state index < -0.39 is 0 Å². The third-order valence-electron chi connectivity index (χ3n) is 6.04. The summed E-state index contributed by atoms with van der Waals surface area (Å²) in [6.07, 6.45) is 8.08. The Morgan fingerprint density at radius 1 is 1.04 bits per heavy atom. The molecule has 1 amide bonds. The fourth-order valence-electron chi connectivity index (χ4n) is 4.63. The van der Waals surface area contributed by atoms with E-state index in [0.717, 1.165) is 57.1 Å². The molecule has 1 aliphatic heterocycles. The number of carbonyl (C=O) groups is 2. The molecule has 3 rings (SSSR count). The number of ether oxygens (including phenoxy) is 2. The number of carbonyl (C=O) groups excluding carboxylic acids is 2. The minimum atomic E-state index is 0.0142. The van der Waals surface area contributed by atoms with Crippen molar-refractivity contribution >= 4 is 11.7 Å². The monoisotopic (exact) mass is 373 g/mol. The van der Waals surface area contributed by atoms with Gasteiger partial charge < -0.3 is 14.4 Å². The standard InChI is InChI=1S/C22H31NO4/c1-26-20-12-8-13-21(27-2)17(20)15-22(25)23-14-7-3-4-10-18(23)16-9-5-6-11-19(16)24/h8,12-13,16,18H,3-7,9-11,14-15H2,1-2H3. The van der Waals surface area contributed by atoms with Crippen molar-refractivity contribution in [1.82, 2.24) is 4.90 Å². The number of nitrogens with zero attached hydrogens (tertiary/aromatic N) is 1. The first-order valence-corrected chi connectivity index (χ1v) is 10.2. The van der Waals surface area contributed by atoms with Crippen LogP contribution in [0.5, 0.6) is 11.5 Å². The number of Topliss-reactive ketones (excluding diaryl/α,β-unsaturated/α-hetero) is 1. The van der Waals surface area contributed by atoms with Crippen LogP contribution in [0, 0.1) is 5.92 Å². The summed E-state index contributed by atoms with van der Waals surface area (Å²) in [6, 6.07) is 5.63. The minimum absolute atomic E-state index is 0.0142. The number of hydrogen-bond donors (Lipinski definition) is 0. The molecule has 0 aromatic heterocycles. The Kier molecular flexibility index (Phi) is 6.75. The number of rotatable bonds is 5. The van der Waals surface area contributed by atoms with Gasteiger partial charge >= 0.3 is 0 Å². The molecule has 0 spiro atoms. The van der Waals surface area contributed by atoms with E-state index >= 15 is 0 Å². The van der Waals surface area contributed by atoms with Crippen LogP contribution in [0.4, 0.5) is 0 Å². The highest BCUT2D eigenvalue weighted by Crippen LogP contribution is 2.33. The van der Waals surface area contributed by atoms with Crippen LogP contribution in [-0.4, -0.2) is 43.4 Å². The number of amides is 1. The second-order valence-electron chi connectivity index (χ2n) is 7.64. The van der Waals surface area contributed by atoms with E-state index in [1.165, 1.54) is 0 Å². The lowest BCUT2D eigenvalue weighted by molar-refractivity contribution is -0.137. The van der Waals surface area contributed by atoms with Gasteiger partial charge in [0.1, 0.15) is 17.3 Å². The maximum Gasteiger partial charge on any atom is 0.227 e. The van der Waals surface area contributed by atoms with E-state index in [2.05, 4.69) is 0 Å². The van der Waals surface area contributed by atoms with Crippen LogP contribution in [0.25, 0.3) is 0 Å². The van der Waals surface area contributed by atoms with Crippen molar-refractivity contribution in [3.63, 3.8) is 0 Å². The van der Waals surface area contributed by atoms with E-state index in [9.17, 15) is 9.59 Å². The SMILES string of the molecule is COc1cccc(OC)c1CC(=O)N1CCCCCC1C1CCCCC1=O. The summed E-state index contributed by atoms with van der Waals surface area (Å²) in [7, 11) is 3.22. The molecule has 1 saturated carbocycles. The van der Waals surface area contributed by atoms with Crippen molar-refractivity contribution in [1.29, 1.82) is 0 Å². The third-order valence-corrected chi connectivity index (χ3v) is 6.04. The zero-order valence-corrected chi connectivity index (χ0v) is 16.5. The van der Waals surface area contributed by atoms with Crippen molar-refractivity contribution in [3.8, 4) is 11.5 Å². The van der Waals surface area contributed by atoms with Gasteiger partial charge in [-0.2, -0.15) is 0 Å². The van der Waals surface area contributed by atoms with Gasteiger partial charge in [-0.05, 0) is 37.8 Å². The first kappa shape index (κ1) is 19.7. The van der Waals surface area contributed by atoms with Crippen molar-refractivity contribution < 1.29 is 19.1 Å². The molecule has 27 heavy (non-hydrogen) atoms. The Labute approximate surface area is 162 Å². The lowest BCUT2D eigenvalue weighted by Gasteiger charge is -2.37. The quantitative estimate of drug-likeness (QED) is 0.788. The van der Waals surface area contributed by atoms with E-state index in [-0.39, 0.29) is 24.3 Å². The van der Waals surface area contributed by atoms with Gasteiger partial charge in [-0.25, -0.2) is 0 Å². The highest BCUT2D eigenvalue weighted by molar-refractivity contribution is 5.85. The number of ketones is 1. The maximum atomic E-state index is 13.3. The fraction of sp³-hybridized carbons (Fsp3) is 0.636. The molecule has 1 heterocycles. The average molecular weight is 373 g/mol. The molecule has 2 fully saturated rings. The summed E-state index contributed by atoms with van der Waals surface area (Å²) >= 11 is 0. The van der Waals surface area contributed by atoms with E-state index in [0.29, 0.717) is 23.7 Å². The Morgan fingerprint density at radius 3 is 2.41 bits per heavy atom. The van der Waals surface area contributed by atoms with Crippen LogP contribution >= 0.6 is 0 Å². The topological polar surface area (TPSA) is 55.8 Å². The molecular formula is C22H31NO4. The number of likely N-dealkylation sites (tertiary alicyclic amines) is 1. The normalized spacial score (nSPS) is 23.6. The molecular weight excluding hydrogens is 342 g/mol. The second kappa shape index (κ2) is 9.25. The van der Waals surface area contributed by atoms with Gasteiger partial charge in [0, 0.05) is 30.5 Å². The molecule has 5 heteroatoms. The largest absolute Gasteiger partial charge is 0.496 e. The molecule has 2 aliphatic rings. The van der Waals surface area contributed by atoms with Gasteiger partial charge in [-0.15, -0.1) is 0 Å². The number of benzene rings is 1. The Morgan fingerprint density at radius 2 is 1.74 bits per heavy atom. The van der Waals surface area contributed by atoms with Gasteiger partial charge in [0.2, 0.25) is 5.91 Å². The first-order chi connectivity index (χ1) is 13.2. The average Bonchev–Trinajstić information content (AvgIpc) is 2.94. The molecule has 0 bridgehead atoms. The van der Waals surface area contributed by atoms with Crippen LogP contribution in [0.2, 0.25) is 0 Å². The van der Waals surface area contributed by atoms with E-state index in [4.69, 9.17) is 9.47 Å². The zero-order chi connectivity index (χ0) is 19.2. The van der Waals surface area contributed by atoms with E-state index in [1.54, 1.807) is 14.2 Å². The lowest BCUT2D eigenvalue weighted by atomic mass is 9.80. The number of hydrogen-bond acceptors (Lipinski definition) is 4. The summed E-state index contributed by atoms with van der Waals surface area (Å²) in [6.45, 7) is 0.741. The summed E-state index contributed by atoms with van der Waals surface area (Å²) in [4.78, 5) is 27.9. The van der Waals surface area contributed by atoms with Gasteiger partial charge in [-0.3, -0.25) is 9.59 Å². The molecule has 1 saturated heterocycles. The Bertz CT molecular complexity index is 650. The lowest BCUT2D eigenvalue weighted by Crippen LogP contribution is -2.48. The second-order valence-corrected chi connectivity index (χ2v) is 7.64. The minimum Gasteiger partial charge on any atom is -0.496 e. The highest BCUT2D eigenvalue weighted by atomic mass is 16.5. The Hall–Kier alpha value is -2.04. The van der Waals surface area contributed by atoms with Crippen molar-refractivity contribution in [2.24, 2.45) is 5.92 Å². The Balaban J connectivity index is 1.83. The molecule has 1 aliphatic carbocycles. The molecule has 148 valence electrons. The molecule has 0 radical (unpaired) electrons. The number of methoxy groups -OCH3 is 2. The molecule has 2 unspecified atom stereocenters. The van der Waals surface area contributed by atoms with Crippen LogP contribution in [0.15, 0.2) is 18.2 Å². The maximum absolute atomic E-state index is 13.3. The van der Waals surface area contributed by atoms with Crippen molar-refractivity contribution in [3.05, 3.63) is 23.8 Å². The zero-order valence-electron chi connectivity index (χ0n) is 16.5. The first-order valence-electron chi connectivity index (χ1n) is 10.2. The van der Waals surface area contributed by atoms with Gasteiger partial charge in [-0.1, -0.05) is 25.3 Å². The van der Waals surface area contributed by atoms with Gasteiger partial charge in [0.15, 0.2) is 0 Å². The molecule has 2 atom stereocenters. The molecule has 1 aromatic carbocycles. The predicted molar refractivity (Wildman–Crippen MR) is 104 cm³/mol. The van der Waals surface area contributed by atoms with Gasteiger partial charge in [0.05, 0.1) is 20.6 Å². The summed E-state index contributed by atoms with van der Waals surface area (Å²) in [5.74, 6) is 1.77. The summed E-state index contributed by atoms with van der Waals surface area (Å²) in [5.41, 5.74) is 0.783. The van der Waals surface area contributed by atoms with E-state index in [1.807, 2.05) is 23.1 Å². The highest BCUT2D eigenvalue weighted by Gasteiger charge is 2.37. The molecule has 5 nitrogen and oxygen atoms in total. The van der Waals surface area contributed by atoms with Crippen LogP contribution < -0.4 is 9.47 Å². The molecule has 1 aromatic rings. The summed E-state index contributed by atoms with van der Waals surface area (Å²) < 4.78 is 10.9. The smallest absolute Gasteiger partial charge is 0.227 e. The predicted octanol–water partition coefficient (Wildman–Crippen LogP) is 3.78.